The zero-order valence-electron chi connectivity index (χ0n) is 10.1. The van der Waals surface area contributed by atoms with Gasteiger partial charge in [-0.15, -0.1) is 0 Å². The second-order valence-corrected chi connectivity index (χ2v) is 5.56. The Hall–Kier alpha value is -1.22. The van der Waals surface area contributed by atoms with Crippen LogP contribution in [0.2, 0.25) is 10.0 Å². The highest BCUT2D eigenvalue weighted by Gasteiger charge is 2.27. The van der Waals surface area contributed by atoms with E-state index in [0.29, 0.717) is 16.5 Å². The highest BCUT2D eigenvalue weighted by atomic mass is 35.5. The van der Waals surface area contributed by atoms with Crippen molar-refractivity contribution >= 4 is 23.2 Å². The van der Waals surface area contributed by atoms with E-state index in [1.165, 1.54) is 0 Å². The highest BCUT2D eigenvalue weighted by Crippen LogP contribution is 2.40. The lowest BCUT2D eigenvalue weighted by Gasteiger charge is -2.30. The molecular formula is C15H13Cl2NO. The first-order chi connectivity index (χ1) is 9.13. The molecule has 4 heteroatoms. The van der Waals surface area contributed by atoms with Gasteiger partial charge >= 0.3 is 0 Å². The van der Waals surface area contributed by atoms with Gasteiger partial charge in [0.2, 0.25) is 0 Å². The Morgan fingerprint density at radius 2 is 1.84 bits per heavy atom. The Morgan fingerprint density at radius 3 is 2.63 bits per heavy atom. The summed E-state index contributed by atoms with van der Waals surface area (Å²) in [6.45, 7) is 0. The number of hydrogen-bond acceptors (Lipinski definition) is 2. The number of hydrogen-bond donors (Lipinski definition) is 1. The van der Waals surface area contributed by atoms with E-state index in [4.69, 9.17) is 33.7 Å². The Kier molecular flexibility index (Phi) is 3.40. The fourth-order valence-corrected chi connectivity index (χ4v) is 2.77. The average molecular weight is 294 g/mol. The summed E-state index contributed by atoms with van der Waals surface area (Å²) < 4.78 is 6.00. The molecule has 2 aromatic carbocycles. The first kappa shape index (κ1) is 12.8. The molecule has 2 atom stereocenters. The third kappa shape index (κ3) is 2.57. The van der Waals surface area contributed by atoms with Crippen molar-refractivity contribution in [1.29, 1.82) is 0 Å². The molecule has 0 aromatic heterocycles. The maximum absolute atomic E-state index is 6.21. The van der Waals surface area contributed by atoms with Crippen LogP contribution in [0.4, 0.5) is 0 Å². The van der Waals surface area contributed by atoms with Crippen LogP contribution in [0.5, 0.6) is 5.75 Å². The lowest BCUT2D eigenvalue weighted by atomic mass is 9.94. The molecule has 19 heavy (non-hydrogen) atoms. The van der Waals surface area contributed by atoms with Gasteiger partial charge in [-0.05, 0) is 35.9 Å². The van der Waals surface area contributed by atoms with E-state index in [-0.39, 0.29) is 12.1 Å². The average Bonchev–Trinajstić information content (AvgIpc) is 2.39. The van der Waals surface area contributed by atoms with Gasteiger partial charge in [0.1, 0.15) is 11.9 Å². The number of rotatable bonds is 1. The zero-order chi connectivity index (χ0) is 13.4. The molecule has 0 amide bonds. The van der Waals surface area contributed by atoms with Gasteiger partial charge in [0.05, 0.1) is 0 Å². The van der Waals surface area contributed by atoms with Gasteiger partial charge in [0.15, 0.2) is 0 Å². The third-order valence-corrected chi connectivity index (χ3v) is 3.80. The number of ether oxygens (including phenoxy) is 1. The van der Waals surface area contributed by atoms with Crippen LogP contribution in [0.25, 0.3) is 0 Å². The smallest absolute Gasteiger partial charge is 0.126 e. The van der Waals surface area contributed by atoms with Crippen molar-refractivity contribution < 1.29 is 4.74 Å². The molecule has 1 aliphatic heterocycles. The fraction of sp³-hybridized carbons (Fsp3) is 0.200. The number of halogens is 2. The molecule has 2 nitrogen and oxygen atoms in total. The summed E-state index contributed by atoms with van der Waals surface area (Å²) in [5.41, 5.74) is 8.22. The number of fused-ring (bicyclic) bond motifs is 1. The second-order valence-electron chi connectivity index (χ2n) is 4.69. The summed E-state index contributed by atoms with van der Waals surface area (Å²) >= 11 is 12.0. The van der Waals surface area contributed by atoms with E-state index >= 15 is 0 Å². The summed E-state index contributed by atoms with van der Waals surface area (Å²) in [5.74, 6) is 0.799. The van der Waals surface area contributed by atoms with Crippen molar-refractivity contribution in [2.75, 3.05) is 0 Å². The van der Waals surface area contributed by atoms with Crippen LogP contribution in [0.1, 0.15) is 29.7 Å². The summed E-state index contributed by atoms with van der Waals surface area (Å²) in [7, 11) is 0. The normalized spacial score (nSPS) is 21.6. The summed E-state index contributed by atoms with van der Waals surface area (Å²) in [4.78, 5) is 0. The minimum atomic E-state index is -0.0774. The zero-order valence-corrected chi connectivity index (χ0v) is 11.7. The minimum absolute atomic E-state index is 0.0672. The molecule has 0 radical (unpaired) electrons. The van der Waals surface area contributed by atoms with Crippen LogP contribution in [-0.2, 0) is 0 Å². The first-order valence-electron chi connectivity index (χ1n) is 6.10. The van der Waals surface area contributed by atoms with Gasteiger partial charge < -0.3 is 10.5 Å². The van der Waals surface area contributed by atoms with Gasteiger partial charge in [-0.25, -0.2) is 0 Å². The lowest BCUT2D eigenvalue weighted by molar-refractivity contribution is 0.161. The Labute approximate surface area is 122 Å². The van der Waals surface area contributed by atoms with Gasteiger partial charge in [0, 0.05) is 28.1 Å². The fourth-order valence-electron chi connectivity index (χ4n) is 2.39. The molecule has 0 bridgehead atoms. The summed E-state index contributed by atoms with van der Waals surface area (Å²) in [6.07, 6.45) is 0.649. The predicted molar refractivity (Wildman–Crippen MR) is 77.8 cm³/mol. The molecular weight excluding hydrogens is 281 g/mol. The van der Waals surface area contributed by atoms with Crippen LogP contribution in [-0.4, -0.2) is 0 Å². The van der Waals surface area contributed by atoms with Gasteiger partial charge in [-0.2, -0.15) is 0 Å². The van der Waals surface area contributed by atoms with Crippen molar-refractivity contribution in [2.24, 2.45) is 5.73 Å². The second kappa shape index (κ2) is 5.04. The standard InChI is InChI=1S/C15H13Cl2NO/c16-10-3-1-2-9(6-10)15-8-13(18)12-7-11(17)4-5-14(12)19-15/h1-7,13,15H,8,18H2. The number of benzene rings is 2. The minimum Gasteiger partial charge on any atom is -0.485 e. The molecule has 0 saturated carbocycles. The molecule has 2 aromatic rings. The largest absolute Gasteiger partial charge is 0.485 e. The van der Waals surface area contributed by atoms with Crippen LogP contribution in [0.15, 0.2) is 42.5 Å². The Balaban J connectivity index is 1.95. The van der Waals surface area contributed by atoms with Crippen LogP contribution >= 0.6 is 23.2 Å². The summed E-state index contributed by atoms with van der Waals surface area (Å²) in [6, 6.07) is 13.2. The molecule has 0 spiro atoms. The first-order valence-corrected chi connectivity index (χ1v) is 6.86. The SMILES string of the molecule is NC1CC(c2cccc(Cl)c2)Oc2ccc(Cl)cc21. The van der Waals surface area contributed by atoms with E-state index in [1.54, 1.807) is 0 Å². The van der Waals surface area contributed by atoms with E-state index in [9.17, 15) is 0 Å². The molecule has 98 valence electrons. The molecule has 0 fully saturated rings. The van der Waals surface area contributed by atoms with Crippen molar-refractivity contribution in [3.05, 3.63) is 63.6 Å². The Morgan fingerprint density at radius 1 is 1.05 bits per heavy atom. The monoisotopic (exact) mass is 293 g/mol. The molecule has 2 N–H and O–H groups in total. The van der Waals surface area contributed by atoms with E-state index in [0.717, 1.165) is 16.9 Å². The van der Waals surface area contributed by atoms with E-state index in [2.05, 4.69) is 0 Å². The predicted octanol–water partition coefficient (Wildman–Crippen LogP) is 4.52. The van der Waals surface area contributed by atoms with Crippen LogP contribution in [0.3, 0.4) is 0 Å². The van der Waals surface area contributed by atoms with E-state index in [1.807, 2.05) is 42.5 Å². The molecule has 3 rings (SSSR count). The maximum atomic E-state index is 6.21. The highest BCUT2D eigenvalue weighted by molar-refractivity contribution is 6.31. The molecule has 2 unspecified atom stereocenters. The molecule has 1 aliphatic rings. The van der Waals surface area contributed by atoms with Crippen molar-refractivity contribution in [3.63, 3.8) is 0 Å². The molecule has 0 saturated heterocycles. The third-order valence-electron chi connectivity index (χ3n) is 3.33. The van der Waals surface area contributed by atoms with Gasteiger partial charge in [0.25, 0.3) is 0 Å². The molecule has 1 heterocycles. The van der Waals surface area contributed by atoms with Gasteiger partial charge in [-0.3, -0.25) is 0 Å². The van der Waals surface area contributed by atoms with Crippen molar-refractivity contribution in [3.8, 4) is 5.75 Å². The number of nitrogens with two attached hydrogens (primary N) is 1. The van der Waals surface area contributed by atoms with E-state index < -0.39 is 0 Å². The lowest BCUT2D eigenvalue weighted by Crippen LogP contribution is -2.24. The van der Waals surface area contributed by atoms with Gasteiger partial charge in [-0.1, -0.05) is 35.3 Å². The van der Waals surface area contributed by atoms with Crippen molar-refractivity contribution in [1.82, 2.24) is 0 Å². The van der Waals surface area contributed by atoms with Crippen LogP contribution < -0.4 is 10.5 Å². The topological polar surface area (TPSA) is 35.2 Å². The van der Waals surface area contributed by atoms with Crippen LogP contribution in [0, 0.1) is 0 Å². The molecule has 0 aliphatic carbocycles. The quantitative estimate of drug-likeness (QED) is 0.839. The summed E-state index contributed by atoms with van der Waals surface area (Å²) in [5, 5.41) is 1.38. The van der Waals surface area contributed by atoms with Crippen molar-refractivity contribution in [2.45, 2.75) is 18.6 Å². The Bertz CT molecular complexity index is 615. The maximum Gasteiger partial charge on any atom is 0.126 e.